The average molecular weight is 386 g/mol. The van der Waals surface area contributed by atoms with E-state index in [0.29, 0.717) is 25.5 Å². The maximum atomic E-state index is 12.1. The maximum Gasteiger partial charge on any atom is 0.236 e. The molecule has 0 spiro atoms. The number of hydrogen-bond acceptors (Lipinski definition) is 7. The molecule has 2 atom stereocenters. The van der Waals surface area contributed by atoms with Crippen LogP contribution in [-0.2, 0) is 16.6 Å². The van der Waals surface area contributed by atoms with Gasteiger partial charge < -0.3 is 9.52 Å². The third-order valence-electron chi connectivity index (χ3n) is 4.46. The van der Waals surface area contributed by atoms with E-state index >= 15 is 0 Å². The number of sulfonamides is 1. The summed E-state index contributed by atoms with van der Waals surface area (Å²) in [6.45, 7) is 3.37. The lowest BCUT2D eigenvalue weighted by atomic mass is 10.1. The van der Waals surface area contributed by atoms with E-state index in [1.54, 1.807) is 11.3 Å². The maximum absolute atomic E-state index is 12.1. The molecule has 1 aliphatic heterocycles. The standard InChI is InChI=1S/C16H23N3O4S2/c1-11-13(17-16(23-11)15-5-4-6-24-15)8-19-7-12(14(20)9-19)10-25(21,22)18(2)3/h4-6,12,14,20H,7-10H2,1-3H3/t12-,14+/m0/s1. The first-order chi connectivity index (χ1) is 11.8. The normalized spacial score (nSPS) is 22.1. The summed E-state index contributed by atoms with van der Waals surface area (Å²) in [5.41, 5.74) is 0.826. The zero-order chi connectivity index (χ0) is 18.2. The molecule has 25 heavy (non-hydrogen) atoms. The van der Waals surface area contributed by atoms with Crippen LogP contribution in [0.25, 0.3) is 10.8 Å². The van der Waals surface area contributed by atoms with Gasteiger partial charge in [-0.05, 0) is 18.4 Å². The average Bonchev–Trinajstić information content (AvgIpc) is 3.22. The Morgan fingerprint density at radius 1 is 1.44 bits per heavy atom. The largest absolute Gasteiger partial charge is 0.440 e. The van der Waals surface area contributed by atoms with Gasteiger partial charge in [-0.2, -0.15) is 0 Å². The van der Waals surface area contributed by atoms with Gasteiger partial charge in [0, 0.05) is 39.6 Å². The first-order valence-corrected chi connectivity index (χ1v) is 10.6. The van der Waals surface area contributed by atoms with E-state index in [-0.39, 0.29) is 11.7 Å². The molecule has 1 fully saturated rings. The Morgan fingerprint density at radius 3 is 2.84 bits per heavy atom. The summed E-state index contributed by atoms with van der Waals surface area (Å²) < 4.78 is 31.1. The molecule has 3 rings (SSSR count). The Kier molecular flexibility index (Phi) is 5.31. The van der Waals surface area contributed by atoms with Crippen molar-refractivity contribution in [3.63, 3.8) is 0 Å². The van der Waals surface area contributed by atoms with Crippen LogP contribution in [0.2, 0.25) is 0 Å². The molecule has 3 heterocycles. The second-order valence-electron chi connectivity index (χ2n) is 6.58. The quantitative estimate of drug-likeness (QED) is 0.809. The van der Waals surface area contributed by atoms with Gasteiger partial charge in [0.15, 0.2) is 0 Å². The summed E-state index contributed by atoms with van der Waals surface area (Å²) in [5.74, 6) is 1.02. The highest BCUT2D eigenvalue weighted by Crippen LogP contribution is 2.28. The molecule has 0 aliphatic carbocycles. The van der Waals surface area contributed by atoms with Gasteiger partial charge in [-0.15, -0.1) is 11.3 Å². The summed E-state index contributed by atoms with van der Waals surface area (Å²) in [4.78, 5) is 7.57. The van der Waals surface area contributed by atoms with Crippen molar-refractivity contribution in [2.75, 3.05) is 32.9 Å². The molecular formula is C16H23N3O4S2. The molecule has 2 aromatic rings. The van der Waals surface area contributed by atoms with E-state index < -0.39 is 16.1 Å². The van der Waals surface area contributed by atoms with E-state index in [1.807, 2.05) is 29.3 Å². The fraction of sp³-hybridized carbons (Fsp3) is 0.562. The van der Waals surface area contributed by atoms with E-state index in [2.05, 4.69) is 4.98 Å². The molecule has 2 aromatic heterocycles. The molecule has 0 radical (unpaired) electrons. The second-order valence-corrected chi connectivity index (χ2v) is 9.76. The van der Waals surface area contributed by atoms with Crippen molar-refractivity contribution in [2.24, 2.45) is 5.92 Å². The van der Waals surface area contributed by atoms with Crippen LogP contribution in [0.3, 0.4) is 0 Å². The van der Waals surface area contributed by atoms with Crippen molar-refractivity contribution in [1.82, 2.24) is 14.2 Å². The minimum atomic E-state index is -3.33. The molecule has 9 heteroatoms. The van der Waals surface area contributed by atoms with Crippen molar-refractivity contribution < 1.29 is 17.9 Å². The van der Waals surface area contributed by atoms with E-state index in [1.165, 1.54) is 18.4 Å². The smallest absolute Gasteiger partial charge is 0.236 e. The minimum absolute atomic E-state index is 0.0457. The van der Waals surface area contributed by atoms with Crippen LogP contribution in [0.15, 0.2) is 21.9 Å². The van der Waals surface area contributed by atoms with E-state index in [0.717, 1.165) is 16.3 Å². The number of hydrogen-bond donors (Lipinski definition) is 1. The molecule has 1 N–H and O–H groups in total. The van der Waals surface area contributed by atoms with Gasteiger partial charge in [0.1, 0.15) is 5.76 Å². The number of aliphatic hydroxyl groups is 1. The fourth-order valence-electron chi connectivity index (χ4n) is 2.95. The first-order valence-electron chi connectivity index (χ1n) is 8.07. The lowest BCUT2D eigenvalue weighted by molar-refractivity contribution is 0.148. The monoisotopic (exact) mass is 385 g/mol. The molecule has 0 saturated carbocycles. The van der Waals surface area contributed by atoms with Crippen molar-refractivity contribution in [2.45, 2.75) is 19.6 Å². The topological polar surface area (TPSA) is 86.9 Å². The molecule has 138 valence electrons. The van der Waals surface area contributed by atoms with Gasteiger partial charge in [0.2, 0.25) is 15.9 Å². The number of nitrogens with zero attached hydrogens (tertiary/aromatic N) is 3. The van der Waals surface area contributed by atoms with Crippen LogP contribution in [-0.4, -0.2) is 66.8 Å². The number of thiophene rings is 1. The second kappa shape index (κ2) is 7.16. The SMILES string of the molecule is Cc1oc(-c2cccs2)nc1CN1C[C@@H](CS(=O)(=O)N(C)C)[C@H](O)C1. The number of aliphatic hydroxyl groups excluding tert-OH is 1. The molecule has 0 amide bonds. The number of aryl methyl sites for hydroxylation is 1. The van der Waals surface area contributed by atoms with Gasteiger partial charge in [-0.25, -0.2) is 17.7 Å². The number of aromatic nitrogens is 1. The zero-order valence-corrected chi connectivity index (χ0v) is 16.2. The van der Waals surface area contributed by atoms with Gasteiger partial charge in [-0.3, -0.25) is 4.90 Å². The minimum Gasteiger partial charge on any atom is -0.440 e. The van der Waals surface area contributed by atoms with Gasteiger partial charge in [-0.1, -0.05) is 6.07 Å². The Labute approximate surface area is 151 Å². The molecule has 7 nitrogen and oxygen atoms in total. The highest BCUT2D eigenvalue weighted by molar-refractivity contribution is 7.89. The lowest BCUT2D eigenvalue weighted by Crippen LogP contribution is -2.33. The van der Waals surface area contributed by atoms with E-state index in [4.69, 9.17) is 4.42 Å². The summed E-state index contributed by atoms with van der Waals surface area (Å²) >= 11 is 1.57. The Morgan fingerprint density at radius 2 is 2.20 bits per heavy atom. The van der Waals surface area contributed by atoms with E-state index in [9.17, 15) is 13.5 Å². The van der Waals surface area contributed by atoms with Crippen LogP contribution in [0.1, 0.15) is 11.5 Å². The third-order valence-corrected chi connectivity index (χ3v) is 7.28. The number of rotatable bonds is 6. The lowest BCUT2D eigenvalue weighted by Gasteiger charge is -2.17. The van der Waals surface area contributed by atoms with Crippen LogP contribution in [0, 0.1) is 12.8 Å². The number of β-amino-alcohol motifs (C(OH)–C–C–N with tert-alkyl or cyclic N) is 1. The highest BCUT2D eigenvalue weighted by Gasteiger charge is 2.35. The summed E-state index contributed by atoms with van der Waals surface area (Å²) in [6, 6.07) is 3.91. The Hall–Kier alpha value is -1.26. The van der Waals surface area contributed by atoms with Crippen LogP contribution >= 0.6 is 11.3 Å². The highest BCUT2D eigenvalue weighted by atomic mass is 32.2. The molecule has 0 aromatic carbocycles. The molecule has 1 aliphatic rings. The van der Waals surface area contributed by atoms with Crippen LogP contribution in [0.5, 0.6) is 0 Å². The molecule has 1 saturated heterocycles. The molecule has 0 unspecified atom stereocenters. The van der Waals surface area contributed by atoms with Crippen molar-refractivity contribution in [3.8, 4) is 10.8 Å². The Bertz CT molecular complexity index is 815. The summed E-state index contributed by atoms with van der Waals surface area (Å²) in [7, 11) is -0.304. The van der Waals surface area contributed by atoms with Gasteiger partial charge >= 0.3 is 0 Å². The molecule has 0 bridgehead atoms. The summed E-state index contributed by atoms with van der Waals surface area (Å²) in [6.07, 6.45) is -0.654. The molecular weight excluding hydrogens is 362 g/mol. The van der Waals surface area contributed by atoms with Gasteiger partial charge in [0.25, 0.3) is 0 Å². The van der Waals surface area contributed by atoms with Crippen LogP contribution in [0.4, 0.5) is 0 Å². The van der Waals surface area contributed by atoms with Crippen molar-refractivity contribution >= 4 is 21.4 Å². The number of likely N-dealkylation sites (tertiary alicyclic amines) is 1. The predicted molar refractivity (Wildman–Crippen MR) is 96.8 cm³/mol. The third kappa shape index (κ3) is 4.12. The summed E-state index contributed by atoms with van der Waals surface area (Å²) in [5, 5.41) is 12.2. The fourth-order valence-corrected chi connectivity index (χ4v) is 4.76. The predicted octanol–water partition coefficient (Wildman–Crippen LogP) is 1.40. The van der Waals surface area contributed by atoms with Crippen LogP contribution < -0.4 is 0 Å². The first kappa shape index (κ1) is 18.5. The number of oxazole rings is 1. The zero-order valence-electron chi connectivity index (χ0n) is 14.5. The van der Waals surface area contributed by atoms with Crippen molar-refractivity contribution in [3.05, 3.63) is 29.0 Å². The van der Waals surface area contributed by atoms with Crippen molar-refractivity contribution in [1.29, 1.82) is 0 Å². The Balaban J connectivity index is 1.67. The van der Waals surface area contributed by atoms with Gasteiger partial charge in [0.05, 0.1) is 22.4 Å².